The lowest BCUT2D eigenvalue weighted by Crippen LogP contribution is -2.27. The van der Waals surface area contributed by atoms with Gasteiger partial charge in [-0.15, -0.1) is 0 Å². The summed E-state index contributed by atoms with van der Waals surface area (Å²) in [5.41, 5.74) is 8.89. The lowest BCUT2D eigenvalue weighted by atomic mass is 9.81. The van der Waals surface area contributed by atoms with Gasteiger partial charge in [-0.25, -0.2) is 13.8 Å². The zero-order chi connectivity index (χ0) is 21.4. The van der Waals surface area contributed by atoms with Gasteiger partial charge in [0.25, 0.3) is 0 Å². The Morgan fingerprint density at radius 2 is 1.87 bits per heavy atom. The summed E-state index contributed by atoms with van der Waals surface area (Å²) in [5, 5.41) is 7.76. The molecule has 3 N–H and O–H groups in total. The molecule has 0 aliphatic heterocycles. The van der Waals surface area contributed by atoms with E-state index >= 15 is 0 Å². The Labute approximate surface area is 178 Å². The fourth-order valence-electron chi connectivity index (χ4n) is 4.34. The van der Waals surface area contributed by atoms with Crippen LogP contribution in [-0.4, -0.2) is 25.6 Å². The summed E-state index contributed by atoms with van der Waals surface area (Å²) in [6, 6.07) is 9.29. The topological polar surface area (TPSA) is 81.1 Å². The van der Waals surface area contributed by atoms with E-state index in [-0.39, 0.29) is 17.3 Å². The predicted molar refractivity (Wildman–Crippen MR) is 115 cm³/mol. The second-order valence-corrected chi connectivity index (χ2v) is 7.95. The van der Waals surface area contributed by atoms with Crippen LogP contribution in [0.3, 0.4) is 0 Å². The van der Waals surface area contributed by atoms with Gasteiger partial charge < -0.3 is 11.1 Å². The minimum absolute atomic E-state index is 0.165. The lowest BCUT2D eigenvalue weighted by molar-refractivity contribution is 0.394. The van der Waals surface area contributed by atoms with Gasteiger partial charge in [-0.1, -0.05) is 12.5 Å². The van der Waals surface area contributed by atoms with Gasteiger partial charge in [0.2, 0.25) is 5.95 Å². The molecule has 2 atom stereocenters. The Bertz CT molecular complexity index is 1220. The number of nitrogens with two attached hydrogens (primary N) is 1. The molecule has 1 aliphatic carbocycles. The highest BCUT2D eigenvalue weighted by atomic mass is 19.1. The van der Waals surface area contributed by atoms with E-state index in [1.165, 1.54) is 18.2 Å². The number of nitrogens with zero attached hydrogens (tertiary/aromatic N) is 4. The van der Waals surface area contributed by atoms with Crippen molar-refractivity contribution in [2.45, 2.75) is 37.6 Å². The largest absolute Gasteiger partial charge is 0.328 e. The second-order valence-electron chi connectivity index (χ2n) is 7.95. The first-order chi connectivity index (χ1) is 15.1. The van der Waals surface area contributed by atoms with Crippen molar-refractivity contribution in [2.75, 3.05) is 5.32 Å². The molecule has 4 aromatic rings. The molecule has 5 rings (SSSR count). The zero-order valence-electron chi connectivity index (χ0n) is 16.8. The lowest BCUT2D eigenvalue weighted by Gasteiger charge is -2.28. The highest BCUT2D eigenvalue weighted by Crippen LogP contribution is 2.36. The Kier molecular flexibility index (Phi) is 5.07. The highest BCUT2D eigenvalue weighted by Gasteiger charge is 2.23. The van der Waals surface area contributed by atoms with Crippen LogP contribution < -0.4 is 11.1 Å². The molecule has 8 heteroatoms. The average Bonchev–Trinajstić information content (AvgIpc) is 3.16. The van der Waals surface area contributed by atoms with Crippen molar-refractivity contribution in [3.8, 4) is 11.3 Å². The van der Waals surface area contributed by atoms with E-state index < -0.39 is 11.6 Å². The summed E-state index contributed by atoms with van der Waals surface area (Å²) in [6.07, 6.45) is 9.34. The molecule has 1 fully saturated rings. The Morgan fingerprint density at radius 3 is 2.68 bits per heavy atom. The fourth-order valence-corrected chi connectivity index (χ4v) is 4.34. The van der Waals surface area contributed by atoms with E-state index in [2.05, 4.69) is 20.4 Å². The average molecular weight is 420 g/mol. The van der Waals surface area contributed by atoms with Gasteiger partial charge in [0, 0.05) is 12.2 Å². The van der Waals surface area contributed by atoms with E-state index in [0.717, 1.165) is 36.9 Å². The van der Waals surface area contributed by atoms with E-state index in [0.29, 0.717) is 17.4 Å². The van der Waals surface area contributed by atoms with Gasteiger partial charge in [0.15, 0.2) is 0 Å². The molecule has 0 unspecified atom stereocenters. The molecular formula is C23H22F2N6. The van der Waals surface area contributed by atoms with Gasteiger partial charge in [-0.05, 0) is 61.1 Å². The smallest absolute Gasteiger partial charge is 0.229 e. The number of imidazole rings is 1. The van der Waals surface area contributed by atoms with Gasteiger partial charge in [0.1, 0.15) is 11.6 Å². The molecular weight excluding hydrogens is 398 g/mol. The molecule has 0 spiro atoms. The highest BCUT2D eigenvalue weighted by molar-refractivity contribution is 5.66. The monoisotopic (exact) mass is 420 g/mol. The van der Waals surface area contributed by atoms with Crippen LogP contribution in [-0.2, 0) is 0 Å². The van der Waals surface area contributed by atoms with Crippen LogP contribution in [0.2, 0.25) is 0 Å². The summed E-state index contributed by atoms with van der Waals surface area (Å²) in [4.78, 5) is 8.68. The van der Waals surface area contributed by atoms with E-state index in [4.69, 9.17) is 5.73 Å². The Balaban J connectivity index is 1.52. The van der Waals surface area contributed by atoms with Crippen molar-refractivity contribution in [3.63, 3.8) is 0 Å². The standard InChI is InChI=1S/C23H22F2N6/c24-18-5-2-6-19(25)22(18)20-8-7-16-12-28-23(31(16)30-20)29-21-13-27-10-9-17(21)14-3-1-4-15(26)11-14/h2,5-10,12-15H,1,3-4,11,26H2,(H,28,29)/t14-,15+/m0/s1. The van der Waals surface area contributed by atoms with Crippen LogP contribution in [0, 0.1) is 11.6 Å². The molecule has 3 heterocycles. The van der Waals surface area contributed by atoms with Crippen molar-refractivity contribution in [1.29, 1.82) is 0 Å². The maximum absolute atomic E-state index is 14.3. The number of anilines is 2. The number of halogens is 2. The first-order valence-electron chi connectivity index (χ1n) is 10.4. The maximum Gasteiger partial charge on any atom is 0.229 e. The molecule has 0 bridgehead atoms. The van der Waals surface area contributed by atoms with Crippen LogP contribution in [0.4, 0.5) is 20.4 Å². The second kappa shape index (κ2) is 8.03. The van der Waals surface area contributed by atoms with E-state index in [9.17, 15) is 8.78 Å². The third-order valence-corrected chi connectivity index (χ3v) is 5.86. The predicted octanol–water partition coefficient (Wildman–Crippen LogP) is 4.80. The number of hydrogen-bond donors (Lipinski definition) is 2. The Hall–Kier alpha value is -3.39. The van der Waals surface area contributed by atoms with Crippen LogP contribution in [0.25, 0.3) is 16.8 Å². The minimum atomic E-state index is -0.662. The molecule has 0 saturated heterocycles. The number of rotatable bonds is 4. The number of aromatic nitrogens is 4. The maximum atomic E-state index is 14.3. The number of nitrogens with one attached hydrogen (secondary N) is 1. The van der Waals surface area contributed by atoms with Crippen molar-refractivity contribution >= 4 is 17.2 Å². The van der Waals surface area contributed by atoms with Crippen LogP contribution in [0.5, 0.6) is 0 Å². The molecule has 1 aromatic carbocycles. The summed E-state index contributed by atoms with van der Waals surface area (Å²) in [7, 11) is 0. The quantitative estimate of drug-likeness (QED) is 0.496. The van der Waals surface area contributed by atoms with Gasteiger partial charge in [-0.3, -0.25) is 4.98 Å². The van der Waals surface area contributed by atoms with Crippen LogP contribution in [0.15, 0.2) is 55.0 Å². The molecule has 31 heavy (non-hydrogen) atoms. The fraction of sp³-hybridized carbons (Fsp3) is 0.261. The Morgan fingerprint density at radius 1 is 1.03 bits per heavy atom. The molecule has 0 amide bonds. The first kappa shape index (κ1) is 19.6. The summed E-state index contributed by atoms with van der Waals surface area (Å²) in [6.45, 7) is 0. The zero-order valence-corrected chi connectivity index (χ0v) is 16.8. The normalized spacial score (nSPS) is 18.9. The molecule has 3 aromatic heterocycles. The summed E-state index contributed by atoms with van der Waals surface area (Å²) in [5.74, 6) is -0.534. The third-order valence-electron chi connectivity index (χ3n) is 5.86. The molecule has 6 nitrogen and oxygen atoms in total. The van der Waals surface area contributed by atoms with Crippen molar-refractivity contribution in [2.24, 2.45) is 5.73 Å². The van der Waals surface area contributed by atoms with Gasteiger partial charge in [0.05, 0.1) is 34.9 Å². The first-order valence-corrected chi connectivity index (χ1v) is 10.4. The van der Waals surface area contributed by atoms with Crippen molar-refractivity contribution in [1.82, 2.24) is 19.6 Å². The third kappa shape index (κ3) is 3.74. The van der Waals surface area contributed by atoms with E-state index in [1.807, 2.05) is 6.07 Å². The van der Waals surface area contributed by atoms with Crippen molar-refractivity contribution < 1.29 is 8.78 Å². The number of hydrogen-bond acceptors (Lipinski definition) is 5. The number of benzene rings is 1. The van der Waals surface area contributed by atoms with Crippen LogP contribution in [0.1, 0.15) is 37.2 Å². The van der Waals surface area contributed by atoms with E-state index in [1.54, 1.807) is 35.2 Å². The van der Waals surface area contributed by atoms with Crippen LogP contribution >= 0.6 is 0 Å². The molecule has 1 aliphatic rings. The summed E-state index contributed by atoms with van der Waals surface area (Å²) >= 11 is 0. The molecule has 0 radical (unpaired) electrons. The minimum Gasteiger partial charge on any atom is -0.328 e. The molecule has 1 saturated carbocycles. The SMILES string of the molecule is N[C@@H]1CCC[C@H](c2ccncc2Nc2ncc3ccc(-c4c(F)cccc4F)nn23)C1. The van der Waals surface area contributed by atoms with Gasteiger partial charge >= 0.3 is 0 Å². The number of fused-ring (bicyclic) bond motifs is 1. The summed E-state index contributed by atoms with van der Waals surface area (Å²) < 4.78 is 30.1. The molecule has 158 valence electrons. The van der Waals surface area contributed by atoms with Gasteiger partial charge in [-0.2, -0.15) is 9.61 Å². The van der Waals surface area contributed by atoms with Crippen molar-refractivity contribution in [3.05, 3.63) is 72.2 Å². The number of pyridine rings is 1.